The zero-order chi connectivity index (χ0) is 16.7. The summed E-state index contributed by atoms with van der Waals surface area (Å²) in [5.74, 6) is 0.533. The molecule has 6 unspecified atom stereocenters. The first kappa shape index (κ1) is 19.5. The highest BCUT2D eigenvalue weighted by molar-refractivity contribution is 4.92. The molecule has 1 saturated heterocycles. The minimum absolute atomic E-state index is 0.0721. The molecular weight excluding hydrogens is 288 g/mol. The van der Waals surface area contributed by atoms with Crippen LogP contribution in [0.4, 0.5) is 0 Å². The van der Waals surface area contributed by atoms with E-state index in [1.165, 1.54) is 5.57 Å². The molecule has 22 heavy (non-hydrogen) atoms. The van der Waals surface area contributed by atoms with Gasteiger partial charge >= 0.3 is 0 Å². The number of aliphatic hydroxyl groups excluding tert-OH is 4. The van der Waals surface area contributed by atoms with Gasteiger partial charge in [-0.3, -0.25) is 0 Å². The summed E-state index contributed by atoms with van der Waals surface area (Å²) < 4.78 is 10.5. The molecule has 1 heterocycles. The van der Waals surface area contributed by atoms with Crippen LogP contribution in [-0.4, -0.2) is 64.3 Å². The van der Waals surface area contributed by atoms with Crippen molar-refractivity contribution in [1.82, 2.24) is 0 Å². The van der Waals surface area contributed by atoms with Gasteiger partial charge in [0.2, 0.25) is 0 Å². The number of rotatable bonds is 8. The van der Waals surface area contributed by atoms with Gasteiger partial charge < -0.3 is 29.9 Å². The van der Waals surface area contributed by atoms with E-state index in [2.05, 4.69) is 26.8 Å². The minimum atomic E-state index is -1.50. The van der Waals surface area contributed by atoms with Crippen LogP contribution < -0.4 is 0 Å². The van der Waals surface area contributed by atoms with E-state index in [9.17, 15) is 20.4 Å². The summed E-state index contributed by atoms with van der Waals surface area (Å²) in [6, 6.07) is 0. The van der Waals surface area contributed by atoms with E-state index < -0.39 is 30.7 Å². The van der Waals surface area contributed by atoms with Crippen LogP contribution in [0.15, 0.2) is 11.6 Å². The van der Waals surface area contributed by atoms with Crippen molar-refractivity contribution in [2.45, 2.75) is 70.7 Å². The summed E-state index contributed by atoms with van der Waals surface area (Å²) in [6.07, 6.45) is -1.27. The minimum Gasteiger partial charge on any atom is -0.387 e. The molecule has 0 aromatic heterocycles. The maximum absolute atomic E-state index is 9.77. The van der Waals surface area contributed by atoms with E-state index in [0.29, 0.717) is 12.5 Å². The molecule has 0 amide bonds. The molecule has 0 spiro atoms. The van der Waals surface area contributed by atoms with E-state index in [1.807, 2.05) is 0 Å². The second kappa shape index (κ2) is 9.60. The fraction of sp³-hybridized carbons (Fsp3) is 0.875. The third kappa shape index (κ3) is 6.32. The van der Waals surface area contributed by atoms with Crippen LogP contribution in [-0.2, 0) is 9.47 Å². The fourth-order valence-electron chi connectivity index (χ4n) is 2.35. The average molecular weight is 318 g/mol. The monoisotopic (exact) mass is 318 g/mol. The van der Waals surface area contributed by atoms with Gasteiger partial charge in [0.15, 0.2) is 6.29 Å². The highest BCUT2D eigenvalue weighted by Crippen LogP contribution is 2.20. The van der Waals surface area contributed by atoms with Gasteiger partial charge in [-0.25, -0.2) is 0 Å². The highest BCUT2D eigenvalue weighted by Gasteiger charge is 2.42. The molecule has 1 aliphatic heterocycles. The van der Waals surface area contributed by atoms with Crippen LogP contribution in [0.2, 0.25) is 0 Å². The predicted octanol–water partition coefficient (Wildman–Crippen LogP) is 0.575. The van der Waals surface area contributed by atoms with Crippen molar-refractivity contribution in [3.05, 3.63) is 11.6 Å². The molecule has 0 bridgehead atoms. The van der Waals surface area contributed by atoms with Crippen LogP contribution in [0.3, 0.4) is 0 Å². The molecule has 6 atom stereocenters. The summed E-state index contributed by atoms with van der Waals surface area (Å²) in [5.41, 5.74) is 1.33. The molecule has 0 aliphatic carbocycles. The zero-order valence-corrected chi connectivity index (χ0v) is 13.7. The number of allylic oxidation sites excluding steroid dienone is 2. The molecular formula is C16H30O6. The van der Waals surface area contributed by atoms with E-state index >= 15 is 0 Å². The van der Waals surface area contributed by atoms with Gasteiger partial charge in [0.05, 0.1) is 6.61 Å². The van der Waals surface area contributed by atoms with Crippen molar-refractivity contribution in [3.63, 3.8) is 0 Å². The molecule has 0 saturated carbocycles. The average Bonchev–Trinajstić information content (AvgIpc) is 2.46. The highest BCUT2D eigenvalue weighted by atomic mass is 16.6. The zero-order valence-electron chi connectivity index (χ0n) is 13.7. The molecule has 1 rings (SSSR count). The fourth-order valence-corrected chi connectivity index (χ4v) is 2.35. The van der Waals surface area contributed by atoms with Crippen molar-refractivity contribution in [2.75, 3.05) is 13.2 Å². The molecule has 6 nitrogen and oxygen atoms in total. The molecule has 6 heteroatoms. The quantitative estimate of drug-likeness (QED) is 0.386. The lowest BCUT2D eigenvalue weighted by Crippen LogP contribution is -2.58. The predicted molar refractivity (Wildman–Crippen MR) is 82.2 cm³/mol. The molecule has 0 radical (unpaired) electrons. The topological polar surface area (TPSA) is 99.4 Å². The van der Waals surface area contributed by atoms with Crippen molar-refractivity contribution in [3.8, 4) is 0 Å². The van der Waals surface area contributed by atoms with E-state index in [-0.39, 0.29) is 6.61 Å². The lowest BCUT2D eigenvalue weighted by molar-refractivity contribution is -0.288. The molecule has 0 aromatic carbocycles. The number of aliphatic hydroxyl groups is 4. The molecule has 4 N–H and O–H groups in total. The number of hydrogen-bond donors (Lipinski definition) is 4. The Kier molecular flexibility index (Phi) is 8.53. The van der Waals surface area contributed by atoms with Crippen LogP contribution >= 0.6 is 0 Å². The maximum Gasteiger partial charge on any atom is 0.184 e. The molecule has 0 aromatic rings. The van der Waals surface area contributed by atoms with Crippen molar-refractivity contribution in [1.29, 1.82) is 0 Å². The Balaban J connectivity index is 2.20. The number of ether oxygens (including phenoxy) is 2. The lowest BCUT2D eigenvalue weighted by Gasteiger charge is -2.38. The Morgan fingerprint density at radius 1 is 1.09 bits per heavy atom. The molecule has 1 aliphatic rings. The Hall–Kier alpha value is -0.500. The summed E-state index contributed by atoms with van der Waals surface area (Å²) in [4.78, 5) is 0. The number of hydrogen-bond acceptors (Lipinski definition) is 6. The Morgan fingerprint density at radius 3 is 2.41 bits per heavy atom. The van der Waals surface area contributed by atoms with Gasteiger partial charge in [0, 0.05) is 6.61 Å². The van der Waals surface area contributed by atoms with Gasteiger partial charge in [-0.2, -0.15) is 0 Å². The van der Waals surface area contributed by atoms with Crippen LogP contribution in [0.5, 0.6) is 0 Å². The van der Waals surface area contributed by atoms with Crippen LogP contribution in [0.25, 0.3) is 0 Å². The van der Waals surface area contributed by atoms with E-state index in [4.69, 9.17) is 9.47 Å². The van der Waals surface area contributed by atoms with Gasteiger partial charge in [0.25, 0.3) is 0 Å². The van der Waals surface area contributed by atoms with Gasteiger partial charge in [-0.1, -0.05) is 18.6 Å². The normalized spacial score (nSPS) is 33.5. The second-order valence-electron chi connectivity index (χ2n) is 6.36. The van der Waals surface area contributed by atoms with Crippen molar-refractivity contribution in [2.24, 2.45) is 5.92 Å². The van der Waals surface area contributed by atoms with Gasteiger partial charge in [-0.15, -0.1) is 0 Å². The standard InChI is InChI=1S/C16H30O6/c1-10(2)5-4-6-11(3)7-8-21-9-12-13(17)14(18)15(19)16(20)22-12/h5,11-20H,4,6-9H2,1-3H3. The molecule has 130 valence electrons. The van der Waals surface area contributed by atoms with E-state index in [0.717, 1.165) is 19.3 Å². The van der Waals surface area contributed by atoms with E-state index in [1.54, 1.807) is 0 Å². The van der Waals surface area contributed by atoms with Crippen molar-refractivity contribution >= 4 is 0 Å². The lowest BCUT2D eigenvalue weighted by atomic mass is 9.99. The smallest absolute Gasteiger partial charge is 0.184 e. The third-order valence-corrected chi connectivity index (χ3v) is 3.94. The Morgan fingerprint density at radius 2 is 1.77 bits per heavy atom. The van der Waals surface area contributed by atoms with Gasteiger partial charge in [0.1, 0.15) is 24.4 Å². The summed E-state index contributed by atoms with van der Waals surface area (Å²) in [5, 5.41) is 38.1. The van der Waals surface area contributed by atoms with Gasteiger partial charge in [-0.05, 0) is 39.0 Å². The maximum atomic E-state index is 9.77. The Labute approximate surface area is 132 Å². The summed E-state index contributed by atoms with van der Waals surface area (Å²) in [6.45, 7) is 6.93. The van der Waals surface area contributed by atoms with Crippen LogP contribution in [0.1, 0.15) is 40.0 Å². The SMILES string of the molecule is CC(C)=CCCC(C)CCOCC1OC(O)C(O)C(O)C1O. The second-order valence-corrected chi connectivity index (χ2v) is 6.36. The largest absolute Gasteiger partial charge is 0.387 e. The van der Waals surface area contributed by atoms with Crippen LogP contribution in [0, 0.1) is 5.92 Å². The third-order valence-electron chi connectivity index (χ3n) is 3.94. The summed E-state index contributed by atoms with van der Waals surface area (Å²) in [7, 11) is 0. The molecule has 1 fully saturated rings. The summed E-state index contributed by atoms with van der Waals surface area (Å²) >= 11 is 0. The Bertz CT molecular complexity index is 342. The first-order valence-corrected chi connectivity index (χ1v) is 7.91. The van der Waals surface area contributed by atoms with Crippen molar-refractivity contribution < 1.29 is 29.9 Å². The first-order chi connectivity index (χ1) is 10.3. The first-order valence-electron chi connectivity index (χ1n) is 7.91.